The maximum atomic E-state index is 15.1. The smallest absolute Gasteiger partial charge is 0.378 e. The fourth-order valence-electron chi connectivity index (χ4n) is 5.10. The van der Waals surface area contributed by atoms with E-state index in [1.165, 1.54) is 18.5 Å². The molecule has 0 spiro atoms. The molecule has 13 heteroatoms. The molecule has 3 aromatic rings. The van der Waals surface area contributed by atoms with E-state index >= 15 is 8.78 Å². The first-order valence-corrected chi connectivity index (χ1v) is 12.8. The van der Waals surface area contributed by atoms with E-state index in [-0.39, 0.29) is 31.7 Å². The molecular weight excluding hydrogens is 538 g/mol. The number of aromatic nitrogens is 2. The van der Waals surface area contributed by atoms with Gasteiger partial charge in [-0.3, -0.25) is 4.98 Å². The van der Waals surface area contributed by atoms with Gasteiger partial charge in [0.05, 0.1) is 54.5 Å². The fraction of sp³-hybridized carbons (Fsp3) is 0.407. The minimum atomic E-state index is -4.38. The highest BCUT2D eigenvalue weighted by Gasteiger charge is 2.44. The zero-order chi connectivity index (χ0) is 28.4. The second-order valence-electron chi connectivity index (χ2n) is 9.90. The summed E-state index contributed by atoms with van der Waals surface area (Å²) in [5.41, 5.74) is 6.34. The molecule has 2 fully saturated rings. The molecule has 0 aliphatic carbocycles. The highest BCUT2D eigenvalue weighted by Crippen LogP contribution is 2.37. The maximum absolute atomic E-state index is 15.1. The molecule has 4 heterocycles. The minimum absolute atomic E-state index is 0.0103. The Morgan fingerprint density at radius 3 is 2.40 bits per heavy atom. The van der Waals surface area contributed by atoms with Crippen LogP contribution in [0.5, 0.6) is 0 Å². The molecule has 2 aliphatic rings. The normalized spacial score (nSPS) is 20.1. The summed E-state index contributed by atoms with van der Waals surface area (Å²) >= 11 is 0. The van der Waals surface area contributed by atoms with Gasteiger partial charge in [-0.15, -0.1) is 0 Å². The van der Waals surface area contributed by atoms with Crippen LogP contribution in [-0.4, -0.2) is 61.6 Å². The van der Waals surface area contributed by atoms with Crippen molar-refractivity contribution >= 4 is 17.1 Å². The molecule has 2 saturated heterocycles. The van der Waals surface area contributed by atoms with Crippen molar-refractivity contribution in [2.24, 2.45) is 11.7 Å². The molecule has 0 bridgehead atoms. The van der Waals surface area contributed by atoms with Crippen molar-refractivity contribution in [3.63, 3.8) is 0 Å². The zero-order valence-corrected chi connectivity index (χ0v) is 21.4. The molecule has 214 valence electrons. The van der Waals surface area contributed by atoms with Crippen molar-refractivity contribution in [1.82, 2.24) is 9.97 Å². The van der Waals surface area contributed by atoms with E-state index < -0.39 is 46.8 Å². The van der Waals surface area contributed by atoms with Crippen LogP contribution in [0.4, 0.5) is 43.4 Å². The largest absolute Gasteiger partial charge is 0.393 e. The number of nitrogens with two attached hydrogens (primary N) is 1. The molecule has 2 atom stereocenters. The summed E-state index contributed by atoms with van der Waals surface area (Å²) in [5, 5.41) is 3.06. The highest BCUT2D eigenvalue weighted by atomic mass is 19.4. The number of alkyl halides is 3. The van der Waals surface area contributed by atoms with Crippen molar-refractivity contribution in [2.45, 2.75) is 25.2 Å². The molecular formula is C27H28F6N6O. The first-order valence-electron chi connectivity index (χ1n) is 12.8. The molecule has 0 radical (unpaired) electrons. The van der Waals surface area contributed by atoms with Gasteiger partial charge < -0.3 is 25.6 Å². The summed E-state index contributed by atoms with van der Waals surface area (Å²) in [6.45, 7) is 1.77. The summed E-state index contributed by atoms with van der Waals surface area (Å²) < 4.78 is 90.6. The third kappa shape index (κ3) is 6.09. The maximum Gasteiger partial charge on any atom is 0.393 e. The Morgan fingerprint density at radius 1 is 0.975 bits per heavy atom. The second kappa shape index (κ2) is 11.5. The number of benzene rings is 1. The first kappa shape index (κ1) is 28.0. The lowest BCUT2D eigenvalue weighted by atomic mass is 9.93. The van der Waals surface area contributed by atoms with Crippen LogP contribution >= 0.6 is 0 Å². The number of rotatable bonds is 6. The molecule has 2 aliphatic heterocycles. The van der Waals surface area contributed by atoms with Crippen LogP contribution in [0.15, 0.2) is 42.7 Å². The standard InChI is InChI=1S/C27H28F6N6O/c28-20-2-1-18(37-26(20)25-21(29)10-19(11-22(25)30)38-5-7-40-8-6-38)12-36-23-13-35-4-3-24(23)39-14-16(27(31,32)33)9-17(34)15-39/h1-4,10-11,13,16-17,36H,5-9,12,14-15,34H2. The van der Waals surface area contributed by atoms with E-state index in [1.807, 2.05) is 0 Å². The first-order chi connectivity index (χ1) is 19.1. The number of nitrogens with zero attached hydrogens (tertiary/aromatic N) is 4. The number of ether oxygens (including phenoxy) is 1. The topological polar surface area (TPSA) is 79.5 Å². The van der Waals surface area contributed by atoms with Crippen molar-refractivity contribution in [3.05, 3.63) is 65.9 Å². The van der Waals surface area contributed by atoms with Gasteiger partial charge in [-0.25, -0.2) is 18.2 Å². The lowest BCUT2D eigenvalue weighted by molar-refractivity contribution is -0.177. The number of halogens is 6. The van der Waals surface area contributed by atoms with E-state index in [9.17, 15) is 17.6 Å². The van der Waals surface area contributed by atoms with E-state index in [4.69, 9.17) is 10.5 Å². The van der Waals surface area contributed by atoms with Gasteiger partial charge in [0.25, 0.3) is 0 Å². The van der Waals surface area contributed by atoms with Gasteiger partial charge in [0.15, 0.2) is 0 Å². The number of hydrogen-bond donors (Lipinski definition) is 2. The SMILES string of the molecule is NC1CC(C(F)(F)F)CN(c2ccncc2NCc2ccc(F)c(-c3c(F)cc(N4CCOCC4)cc3F)n2)C1. The van der Waals surface area contributed by atoms with Crippen LogP contribution in [0.1, 0.15) is 12.1 Å². The van der Waals surface area contributed by atoms with Crippen molar-refractivity contribution in [1.29, 1.82) is 0 Å². The van der Waals surface area contributed by atoms with Crippen LogP contribution in [-0.2, 0) is 11.3 Å². The average molecular weight is 567 g/mol. The molecule has 7 nitrogen and oxygen atoms in total. The quantitative estimate of drug-likeness (QED) is 0.418. The average Bonchev–Trinajstić information content (AvgIpc) is 2.92. The third-order valence-corrected chi connectivity index (χ3v) is 7.09. The van der Waals surface area contributed by atoms with Gasteiger partial charge in [0, 0.05) is 44.1 Å². The predicted molar refractivity (Wildman–Crippen MR) is 138 cm³/mol. The lowest BCUT2D eigenvalue weighted by Gasteiger charge is -2.39. The van der Waals surface area contributed by atoms with E-state index in [1.54, 1.807) is 15.9 Å². The van der Waals surface area contributed by atoms with Crippen LogP contribution < -0.4 is 20.9 Å². The van der Waals surface area contributed by atoms with Crippen molar-refractivity contribution in [2.75, 3.05) is 54.5 Å². The second-order valence-corrected chi connectivity index (χ2v) is 9.90. The van der Waals surface area contributed by atoms with Gasteiger partial charge in [0.2, 0.25) is 0 Å². The number of morpholine rings is 1. The Bertz CT molecular complexity index is 1330. The molecule has 40 heavy (non-hydrogen) atoms. The van der Waals surface area contributed by atoms with E-state index in [0.717, 1.165) is 18.2 Å². The zero-order valence-electron chi connectivity index (χ0n) is 21.4. The Labute approximate surface area is 227 Å². The number of nitrogens with one attached hydrogen (secondary N) is 1. The van der Waals surface area contributed by atoms with E-state index in [0.29, 0.717) is 43.4 Å². The molecule has 1 aromatic carbocycles. The van der Waals surface area contributed by atoms with Crippen LogP contribution in [0.25, 0.3) is 11.3 Å². The summed E-state index contributed by atoms with van der Waals surface area (Å²) in [5.74, 6) is -4.37. The Hall–Kier alpha value is -3.58. The monoisotopic (exact) mass is 566 g/mol. The Kier molecular flexibility index (Phi) is 8.04. The Morgan fingerprint density at radius 2 is 1.70 bits per heavy atom. The number of piperidine rings is 1. The molecule has 2 aromatic heterocycles. The van der Waals surface area contributed by atoms with Gasteiger partial charge in [-0.2, -0.15) is 13.2 Å². The van der Waals surface area contributed by atoms with Crippen LogP contribution in [0.3, 0.4) is 0 Å². The van der Waals surface area contributed by atoms with Crippen molar-refractivity contribution < 1.29 is 31.1 Å². The van der Waals surface area contributed by atoms with Crippen LogP contribution in [0, 0.1) is 23.4 Å². The van der Waals surface area contributed by atoms with Gasteiger partial charge in [0.1, 0.15) is 23.1 Å². The molecule has 5 rings (SSSR count). The number of pyridine rings is 2. The van der Waals surface area contributed by atoms with E-state index in [2.05, 4.69) is 15.3 Å². The summed E-state index contributed by atoms with van der Waals surface area (Å²) in [6.07, 6.45) is -1.62. The predicted octanol–water partition coefficient (Wildman–Crippen LogP) is 4.73. The van der Waals surface area contributed by atoms with Crippen LogP contribution in [0.2, 0.25) is 0 Å². The molecule has 3 N–H and O–H groups in total. The molecule has 0 amide bonds. The lowest BCUT2D eigenvalue weighted by Crippen LogP contribution is -2.51. The molecule has 2 unspecified atom stereocenters. The third-order valence-electron chi connectivity index (χ3n) is 7.09. The fourth-order valence-corrected chi connectivity index (χ4v) is 5.10. The van der Waals surface area contributed by atoms with Crippen molar-refractivity contribution in [3.8, 4) is 11.3 Å². The van der Waals surface area contributed by atoms with Gasteiger partial charge in [-0.05, 0) is 36.8 Å². The van der Waals surface area contributed by atoms with Gasteiger partial charge >= 0.3 is 6.18 Å². The summed E-state index contributed by atoms with van der Waals surface area (Å²) in [7, 11) is 0. The number of hydrogen-bond acceptors (Lipinski definition) is 7. The van der Waals surface area contributed by atoms with Gasteiger partial charge in [-0.1, -0.05) is 0 Å². The summed E-state index contributed by atoms with van der Waals surface area (Å²) in [6, 6.07) is 5.64. The molecule has 0 saturated carbocycles. The minimum Gasteiger partial charge on any atom is -0.378 e. The highest BCUT2D eigenvalue weighted by molar-refractivity contribution is 5.69. The Balaban J connectivity index is 1.36. The summed E-state index contributed by atoms with van der Waals surface area (Å²) in [4.78, 5) is 11.6. The number of anilines is 3.